The number of para-hydroxylation sites is 1. The highest BCUT2D eigenvalue weighted by Gasteiger charge is 2.50. The number of carbonyl (C=O) groups is 2. The third-order valence-corrected chi connectivity index (χ3v) is 5.68. The molecular formula is C17H10F6O9S2. The van der Waals surface area contributed by atoms with E-state index in [0.29, 0.717) is 24.3 Å². The number of hydrogen-bond donors (Lipinski definition) is 0. The number of ketones is 1. The maximum Gasteiger partial charge on any atom is 0.534 e. The SMILES string of the molecule is COC(=O)c1cc(C(=O)c2ccccc2OS(=O)(=O)C(F)(F)F)ccc1OS(=O)(=O)C(F)(F)F. The quantitative estimate of drug-likeness (QED) is 0.172. The van der Waals surface area contributed by atoms with Crippen LogP contribution in [0.25, 0.3) is 0 Å². The number of carbonyl (C=O) groups excluding carboxylic acids is 2. The Hall–Kier alpha value is -3.34. The fraction of sp³-hybridized carbons (Fsp3) is 0.176. The monoisotopic (exact) mass is 536 g/mol. The fourth-order valence-corrected chi connectivity index (χ4v) is 3.18. The summed E-state index contributed by atoms with van der Waals surface area (Å²) in [4.78, 5) is 24.7. The Morgan fingerprint density at radius 2 is 1.21 bits per heavy atom. The topological polar surface area (TPSA) is 130 Å². The Kier molecular flexibility index (Phi) is 7.22. The van der Waals surface area contributed by atoms with Crippen LogP contribution in [0.3, 0.4) is 0 Å². The Morgan fingerprint density at radius 3 is 1.68 bits per heavy atom. The van der Waals surface area contributed by atoms with E-state index in [1.165, 1.54) is 0 Å². The van der Waals surface area contributed by atoms with E-state index < -0.39 is 71.2 Å². The van der Waals surface area contributed by atoms with Crippen LogP contribution in [0.4, 0.5) is 26.3 Å². The minimum atomic E-state index is -6.23. The van der Waals surface area contributed by atoms with Gasteiger partial charge in [0.15, 0.2) is 17.3 Å². The van der Waals surface area contributed by atoms with E-state index in [0.717, 1.165) is 25.3 Å². The molecule has 0 atom stereocenters. The van der Waals surface area contributed by atoms with E-state index in [1.807, 2.05) is 0 Å². The van der Waals surface area contributed by atoms with Gasteiger partial charge in [-0.05, 0) is 30.3 Å². The van der Waals surface area contributed by atoms with Gasteiger partial charge in [0.1, 0.15) is 5.56 Å². The average molecular weight is 536 g/mol. The van der Waals surface area contributed by atoms with Crippen LogP contribution in [0, 0.1) is 0 Å². The number of alkyl halides is 6. The van der Waals surface area contributed by atoms with Crippen molar-refractivity contribution in [2.75, 3.05) is 7.11 Å². The first-order valence-electron chi connectivity index (χ1n) is 8.29. The molecule has 0 N–H and O–H groups in total. The van der Waals surface area contributed by atoms with Crippen LogP contribution >= 0.6 is 0 Å². The van der Waals surface area contributed by atoms with Gasteiger partial charge >= 0.3 is 37.2 Å². The van der Waals surface area contributed by atoms with Gasteiger partial charge in [-0.3, -0.25) is 4.79 Å². The van der Waals surface area contributed by atoms with Crippen molar-refractivity contribution in [3.8, 4) is 11.5 Å². The molecule has 0 saturated heterocycles. The zero-order chi connectivity index (χ0) is 26.1. The Morgan fingerprint density at radius 1 is 0.735 bits per heavy atom. The number of halogens is 6. The smallest absolute Gasteiger partial charge is 0.465 e. The van der Waals surface area contributed by atoms with Crippen LogP contribution < -0.4 is 8.37 Å². The van der Waals surface area contributed by atoms with Gasteiger partial charge in [-0.25, -0.2) is 4.79 Å². The molecule has 0 radical (unpaired) electrons. The van der Waals surface area contributed by atoms with Crippen molar-refractivity contribution in [1.29, 1.82) is 0 Å². The Bertz CT molecular complexity index is 1330. The molecular weight excluding hydrogens is 526 g/mol. The summed E-state index contributed by atoms with van der Waals surface area (Å²) in [5.74, 6) is -4.91. The Balaban J connectivity index is 2.56. The van der Waals surface area contributed by atoms with Crippen molar-refractivity contribution in [2.45, 2.75) is 11.0 Å². The molecule has 0 aliphatic carbocycles. The summed E-state index contributed by atoms with van der Waals surface area (Å²) in [6.45, 7) is 0. The summed E-state index contributed by atoms with van der Waals surface area (Å²) in [6, 6.07) is 5.42. The highest BCUT2D eigenvalue weighted by Crippen LogP contribution is 2.33. The number of methoxy groups -OCH3 is 1. The molecule has 0 spiro atoms. The molecule has 2 rings (SSSR count). The predicted molar refractivity (Wildman–Crippen MR) is 98.9 cm³/mol. The van der Waals surface area contributed by atoms with Gasteiger partial charge in [0, 0.05) is 5.56 Å². The fourth-order valence-electron chi connectivity index (χ4n) is 2.23. The number of esters is 1. The molecule has 9 nitrogen and oxygen atoms in total. The summed E-state index contributed by atoms with van der Waals surface area (Å²) >= 11 is 0. The summed E-state index contributed by atoms with van der Waals surface area (Å²) < 4.78 is 133. The lowest BCUT2D eigenvalue weighted by Crippen LogP contribution is -2.29. The van der Waals surface area contributed by atoms with Crippen molar-refractivity contribution < 1.29 is 65.9 Å². The average Bonchev–Trinajstić information content (AvgIpc) is 2.71. The number of hydrogen-bond acceptors (Lipinski definition) is 9. The van der Waals surface area contributed by atoms with Crippen LogP contribution in [-0.4, -0.2) is 46.7 Å². The maximum atomic E-state index is 12.8. The van der Waals surface area contributed by atoms with Crippen LogP contribution in [0.1, 0.15) is 26.3 Å². The second-order valence-electron chi connectivity index (χ2n) is 5.99. The van der Waals surface area contributed by atoms with Crippen LogP contribution in [0.5, 0.6) is 11.5 Å². The second-order valence-corrected chi connectivity index (χ2v) is 9.07. The zero-order valence-corrected chi connectivity index (χ0v) is 17.9. The van der Waals surface area contributed by atoms with Gasteiger partial charge in [-0.15, -0.1) is 0 Å². The molecule has 0 heterocycles. The van der Waals surface area contributed by atoms with E-state index in [9.17, 15) is 52.8 Å². The largest absolute Gasteiger partial charge is 0.534 e. The molecule has 0 bridgehead atoms. The van der Waals surface area contributed by atoms with Crippen molar-refractivity contribution in [2.24, 2.45) is 0 Å². The molecule has 186 valence electrons. The normalized spacial score (nSPS) is 12.7. The molecule has 0 saturated carbocycles. The van der Waals surface area contributed by atoms with Crippen molar-refractivity contribution in [1.82, 2.24) is 0 Å². The van der Waals surface area contributed by atoms with Crippen molar-refractivity contribution in [3.05, 3.63) is 59.2 Å². The minimum absolute atomic E-state index is 0.485. The second kappa shape index (κ2) is 9.13. The molecule has 2 aromatic carbocycles. The molecule has 0 aromatic heterocycles. The number of rotatable bonds is 7. The van der Waals surface area contributed by atoms with Crippen LogP contribution in [0.2, 0.25) is 0 Å². The minimum Gasteiger partial charge on any atom is -0.465 e. The molecule has 17 heteroatoms. The third kappa shape index (κ3) is 5.58. The van der Waals surface area contributed by atoms with Gasteiger partial charge in [0.25, 0.3) is 0 Å². The lowest BCUT2D eigenvalue weighted by atomic mass is 10.00. The molecule has 0 aliphatic heterocycles. The first-order valence-corrected chi connectivity index (χ1v) is 11.1. The van der Waals surface area contributed by atoms with Gasteiger partial charge in [-0.2, -0.15) is 43.2 Å². The third-order valence-electron chi connectivity index (χ3n) is 3.74. The number of ether oxygens (including phenoxy) is 1. The van der Waals surface area contributed by atoms with E-state index in [2.05, 4.69) is 13.1 Å². The Labute approximate surface area is 187 Å². The van der Waals surface area contributed by atoms with Gasteiger partial charge in [0.05, 0.1) is 12.7 Å². The molecule has 0 aliphatic rings. The number of benzene rings is 2. The van der Waals surface area contributed by atoms with E-state index in [1.54, 1.807) is 0 Å². The summed E-state index contributed by atoms with van der Waals surface area (Å²) in [7, 11) is -11.6. The molecule has 0 amide bonds. The van der Waals surface area contributed by atoms with Crippen LogP contribution in [-0.2, 0) is 25.0 Å². The van der Waals surface area contributed by atoms with Gasteiger partial charge < -0.3 is 13.1 Å². The highest BCUT2D eigenvalue weighted by molar-refractivity contribution is 7.88. The van der Waals surface area contributed by atoms with E-state index in [-0.39, 0.29) is 0 Å². The van der Waals surface area contributed by atoms with Crippen molar-refractivity contribution >= 4 is 32.0 Å². The summed E-state index contributed by atoms with van der Waals surface area (Å²) in [5.41, 5.74) is -14.0. The van der Waals surface area contributed by atoms with E-state index in [4.69, 9.17) is 0 Å². The zero-order valence-electron chi connectivity index (χ0n) is 16.3. The van der Waals surface area contributed by atoms with Gasteiger partial charge in [0.2, 0.25) is 0 Å². The summed E-state index contributed by atoms with van der Waals surface area (Å²) in [6.07, 6.45) is 0. The molecule has 0 fully saturated rings. The predicted octanol–water partition coefficient (Wildman–Crippen LogP) is 3.16. The van der Waals surface area contributed by atoms with Crippen molar-refractivity contribution in [3.63, 3.8) is 0 Å². The molecule has 34 heavy (non-hydrogen) atoms. The lowest BCUT2D eigenvalue weighted by molar-refractivity contribution is -0.0505. The molecule has 2 aromatic rings. The molecule has 0 unspecified atom stereocenters. The standard InChI is InChI=1S/C17H10F6O9S2/c1-30-15(25)11-8-9(6-7-13(11)32-34(28,29)17(21,22)23)14(24)10-4-2-3-5-12(10)31-33(26,27)16(18,19)20/h2-8H,1H3. The highest BCUT2D eigenvalue weighted by atomic mass is 32.2. The first kappa shape index (κ1) is 26.9. The van der Waals surface area contributed by atoms with E-state index >= 15 is 0 Å². The van der Waals surface area contributed by atoms with Gasteiger partial charge in [-0.1, -0.05) is 12.1 Å². The lowest BCUT2D eigenvalue weighted by Gasteiger charge is -2.14. The maximum absolute atomic E-state index is 12.8. The first-order chi connectivity index (χ1) is 15.4. The van der Waals surface area contributed by atoms with Crippen LogP contribution in [0.15, 0.2) is 42.5 Å². The summed E-state index contributed by atoms with van der Waals surface area (Å²) in [5, 5.41) is 0.